The summed E-state index contributed by atoms with van der Waals surface area (Å²) >= 11 is 0. The first-order valence-electron chi connectivity index (χ1n) is 8.89. The van der Waals surface area contributed by atoms with E-state index in [0.29, 0.717) is 5.56 Å². The Morgan fingerprint density at radius 1 is 1.47 bits per heavy atom. The summed E-state index contributed by atoms with van der Waals surface area (Å²) in [5.74, 6) is 1.14. The number of nitrogens with one attached hydrogen (secondary N) is 1. The Morgan fingerprint density at radius 2 is 2.23 bits per heavy atom. The molecule has 3 rings (SSSR count). The van der Waals surface area contributed by atoms with Gasteiger partial charge < -0.3 is 15.8 Å². The molecular weight excluding hydrogens is 392 g/mol. The molecule has 0 spiro atoms. The Morgan fingerprint density at radius 3 is 2.83 bits per heavy atom. The molecule has 2 heterocycles. The van der Waals surface area contributed by atoms with Crippen LogP contribution in [0.1, 0.15) is 35.0 Å². The molecule has 1 aliphatic rings. The predicted molar refractivity (Wildman–Crippen MR) is 105 cm³/mol. The predicted octanol–water partition coefficient (Wildman–Crippen LogP) is 2.63. The minimum absolute atomic E-state index is 0.0486. The van der Waals surface area contributed by atoms with E-state index >= 15 is 0 Å². The van der Waals surface area contributed by atoms with Crippen molar-refractivity contribution < 1.29 is 18.3 Å². The molecule has 2 aromatic rings. The quantitative estimate of drug-likeness (QED) is 0.754. The van der Waals surface area contributed by atoms with Gasteiger partial charge in [-0.2, -0.15) is 5.26 Å². The Hall–Kier alpha value is -3.98. The normalized spacial score (nSPS) is 21.4. The van der Waals surface area contributed by atoms with Crippen molar-refractivity contribution in [2.75, 3.05) is 5.32 Å². The molecule has 1 aromatic carbocycles. The maximum Gasteiger partial charge on any atom is 0.284 e. The summed E-state index contributed by atoms with van der Waals surface area (Å²) in [6.07, 6.45) is 4.36. The number of pyridine rings is 1. The molecule has 1 aliphatic heterocycles. The molecule has 0 aliphatic carbocycles. The molecule has 0 saturated carbocycles. The Labute approximate surface area is 171 Å². The lowest BCUT2D eigenvalue weighted by molar-refractivity contribution is 0.0603. The zero-order valence-electron chi connectivity index (χ0n) is 15.9. The summed E-state index contributed by atoms with van der Waals surface area (Å²) in [5, 5.41) is 11.4. The lowest BCUT2D eigenvalue weighted by Gasteiger charge is -2.35. The average Bonchev–Trinajstić information content (AvgIpc) is 2.74. The fraction of sp³-hybridized carbons (Fsp3) is 0.238. The Balaban J connectivity index is 1.94. The third-order valence-corrected chi connectivity index (χ3v) is 4.62. The van der Waals surface area contributed by atoms with E-state index in [2.05, 4.69) is 21.2 Å². The number of terminal acetylenes is 1. The maximum absolute atomic E-state index is 14.7. The van der Waals surface area contributed by atoms with E-state index in [1.54, 1.807) is 0 Å². The van der Waals surface area contributed by atoms with Gasteiger partial charge in [0.25, 0.3) is 11.9 Å². The number of nitrogens with two attached hydrogens (primary N) is 1. The van der Waals surface area contributed by atoms with Crippen molar-refractivity contribution in [1.29, 1.82) is 5.26 Å². The number of carbonyl (C=O) groups is 1. The molecule has 1 amide bonds. The fourth-order valence-corrected chi connectivity index (χ4v) is 3.05. The first kappa shape index (κ1) is 20.7. The lowest BCUT2D eigenvalue weighted by atomic mass is 9.83. The third kappa shape index (κ3) is 4.06. The summed E-state index contributed by atoms with van der Waals surface area (Å²) < 4.78 is 33.7. The van der Waals surface area contributed by atoms with Crippen LogP contribution in [0.5, 0.6) is 0 Å². The third-order valence-electron chi connectivity index (χ3n) is 4.62. The van der Waals surface area contributed by atoms with Crippen LogP contribution in [0, 0.1) is 29.5 Å². The average molecular weight is 409 g/mol. The zero-order valence-corrected chi connectivity index (χ0v) is 15.9. The van der Waals surface area contributed by atoms with E-state index in [1.165, 1.54) is 37.4 Å². The van der Waals surface area contributed by atoms with Gasteiger partial charge in [0.05, 0.1) is 5.56 Å². The smallest absolute Gasteiger partial charge is 0.284 e. The number of hydrogen-bond donors (Lipinski definition) is 2. The number of halogens is 2. The van der Waals surface area contributed by atoms with E-state index in [1.807, 2.05) is 6.07 Å². The molecule has 0 saturated heterocycles. The summed E-state index contributed by atoms with van der Waals surface area (Å²) in [7, 11) is 0. The van der Waals surface area contributed by atoms with Crippen LogP contribution in [0.3, 0.4) is 0 Å². The maximum atomic E-state index is 14.7. The highest BCUT2D eigenvalue weighted by atomic mass is 19.1. The molecule has 9 heteroatoms. The second kappa shape index (κ2) is 8.18. The Kier molecular flexibility index (Phi) is 5.65. The molecule has 3 N–H and O–H groups in total. The van der Waals surface area contributed by atoms with Crippen LogP contribution in [0.4, 0.5) is 14.5 Å². The molecule has 0 bridgehead atoms. The summed E-state index contributed by atoms with van der Waals surface area (Å²) in [5.41, 5.74) is 4.61. The Bertz CT molecular complexity index is 1090. The van der Waals surface area contributed by atoms with Crippen molar-refractivity contribution in [2.24, 2.45) is 10.7 Å². The monoisotopic (exact) mass is 409 g/mol. The van der Waals surface area contributed by atoms with E-state index < -0.39 is 29.5 Å². The van der Waals surface area contributed by atoms with Crippen LogP contribution in [0.15, 0.2) is 41.5 Å². The van der Waals surface area contributed by atoms with Crippen LogP contribution in [-0.4, -0.2) is 29.2 Å². The van der Waals surface area contributed by atoms with Crippen LogP contribution < -0.4 is 11.1 Å². The first-order chi connectivity index (χ1) is 14.3. The van der Waals surface area contributed by atoms with Crippen molar-refractivity contribution in [1.82, 2.24) is 4.98 Å². The number of carbonyl (C=O) groups excluding carboxylic acids is 1. The molecule has 0 radical (unpaired) electrons. The van der Waals surface area contributed by atoms with Crippen molar-refractivity contribution >= 4 is 17.6 Å². The first-order valence-corrected chi connectivity index (χ1v) is 8.89. The van der Waals surface area contributed by atoms with E-state index in [-0.39, 0.29) is 29.4 Å². The van der Waals surface area contributed by atoms with Gasteiger partial charge in [0.2, 0.25) is 0 Å². The van der Waals surface area contributed by atoms with Gasteiger partial charge >= 0.3 is 0 Å². The van der Waals surface area contributed by atoms with E-state index in [0.717, 1.165) is 6.07 Å². The lowest BCUT2D eigenvalue weighted by Crippen LogP contribution is -2.43. The molecule has 1 aromatic heterocycles. The number of nitriles is 1. The van der Waals surface area contributed by atoms with Gasteiger partial charge in [-0.1, -0.05) is 5.92 Å². The highest BCUT2D eigenvalue weighted by Gasteiger charge is 2.42. The molecule has 0 unspecified atom stereocenters. The molecule has 152 valence electrons. The van der Waals surface area contributed by atoms with E-state index in [9.17, 15) is 13.6 Å². The molecular formula is C21H17F2N5O2. The molecule has 7 nitrogen and oxygen atoms in total. The van der Waals surface area contributed by atoms with Gasteiger partial charge in [-0.3, -0.25) is 4.79 Å². The molecule has 3 atom stereocenters. The van der Waals surface area contributed by atoms with Crippen LogP contribution >= 0.6 is 0 Å². The highest BCUT2D eigenvalue weighted by molar-refractivity contribution is 6.02. The van der Waals surface area contributed by atoms with Gasteiger partial charge in [0.1, 0.15) is 29.9 Å². The summed E-state index contributed by atoms with van der Waals surface area (Å²) in [4.78, 5) is 20.4. The van der Waals surface area contributed by atoms with Gasteiger partial charge in [-0.05, 0) is 37.3 Å². The van der Waals surface area contributed by atoms with Gasteiger partial charge in [-0.25, -0.2) is 18.8 Å². The number of nitrogens with zero attached hydrogens (tertiary/aromatic N) is 3. The van der Waals surface area contributed by atoms with Gasteiger partial charge in [-0.15, -0.1) is 6.42 Å². The number of hydrogen-bond acceptors (Lipinski definition) is 6. The topological polar surface area (TPSA) is 113 Å². The SMILES string of the molecule is C#C[C@@]1(c2cc(NC(=O)c3ccc(C#N)cn3)ccc2F)C[C@@H]([C@H](C)F)OC(N)=N1. The van der Waals surface area contributed by atoms with Crippen molar-refractivity contribution in [3.8, 4) is 18.4 Å². The number of anilines is 1. The number of alkyl halides is 1. The largest absolute Gasteiger partial charge is 0.459 e. The number of benzene rings is 1. The van der Waals surface area contributed by atoms with Crippen molar-refractivity contribution in [3.63, 3.8) is 0 Å². The van der Waals surface area contributed by atoms with Gasteiger partial charge in [0, 0.05) is 23.9 Å². The summed E-state index contributed by atoms with van der Waals surface area (Å²) in [6.45, 7) is 1.28. The van der Waals surface area contributed by atoms with Crippen LogP contribution in [0.25, 0.3) is 0 Å². The standard InChI is InChI=1S/C21H17F2N5O2/c1-3-21(9-18(12(2)22)30-20(25)28-21)15-8-14(5-6-16(15)23)27-19(29)17-7-4-13(10-24)11-26-17/h1,4-8,11-12,18H,9H2,2H3,(H2,25,28)(H,27,29)/t12-,18-,21-/m0/s1. The molecule has 0 fully saturated rings. The number of amides is 1. The van der Waals surface area contributed by atoms with Gasteiger partial charge in [0.15, 0.2) is 5.54 Å². The number of rotatable bonds is 4. The van der Waals surface area contributed by atoms with Crippen molar-refractivity contribution in [2.45, 2.75) is 31.2 Å². The second-order valence-electron chi connectivity index (χ2n) is 6.69. The number of aromatic nitrogens is 1. The van der Waals surface area contributed by atoms with Crippen molar-refractivity contribution in [3.05, 3.63) is 59.2 Å². The van der Waals surface area contributed by atoms with Crippen LogP contribution in [-0.2, 0) is 10.3 Å². The second-order valence-corrected chi connectivity index (χ2v) is 6.69. The van der Waals surface area contributed by atoms with E-state index in [4.69, 9.17) is 22.2 Å². The number of ether oxygens (including phenoxy) is 1. The minimum atomic E-state index is -1.59. The molecule has 30 heavy (non-hydrogen) atoms. The summed E-state index contributed by atoms with van der Waals surface area (Å²) in [6, 6.07) is 8.17. The number of aliphatic imine (C=N–C) groups is 1. The van der Waals surface area contributed by atoms with Crippen LogP contribution in [0.2, 0.25) is 0 Å². The highest BCUT2D eigenvalue weighted by Crippen LogP contribution is 2.38. The fourth-order valence-electron chi connectivity index (χ4n) is 3.05. The zero-order chi connectivity index (χ0) is 21.9. The minimum Gasteiger partial charge on any atom is -0.459 e. The number of amidine groups is 1.